The van der Waals surface area contributed by atoms with Crippen molar-refractivity contribution in [1.82, 2.24) is 5.32 Å². The first-order valence-corrected chi connectivity index (χ1v) is 11.2. The maximum Gasteiger partial charge on any atom is 0.221 e. The summed E-state index contributed by atoms with van der Waals surface area (Å²) in [5.41, 5.74) is 4.06. The average Bonchev–Trinajstić information content (AvgIpc) is 2.82. The number of benzene rings is 4. The highest BCUT2D eigenvalue weighted by molar-refractivity contribution is 5.89. The SMILES string of the molecule is CC(C)c1ccc(C(NC(=O)CCc2ccccc2)c2c(O)ccc3ccccc23)cc1. The number of aryl methyl sites for hydroxylation is 1. The summed E-state index contributed by atoms with van der Waals surface area (Å²) in [6.07, 6.45) is 1.06. The smallest absolute Gasteiger partial charge is 0.221 e. The van der Waals surface area contributed by atoms with Crippen LogP contribution in [0.3, 0.4) is 0 Å². The number of phenols is 1. The molecule has 0 aromatic heterocycles. The molecule has 0 radical (unpaired) electrons. The molecule has 0 bridgehead atoms. The zero-order chi connectivity index (χ0) is 22.5. The number of amides is 1. The van der Waals surface area contributed by atoms with E-state index in [1.54, 1.807) is 6.07 Å². The molecule has 32 heavy (non-hydrogen) atoms. The van der Waals surface area contributed by atoms with Gasteiger partial charge in [-0.3, -0.25) is 4.79 Å². The number of aromatic hydroxyl groups is 1. The monoisotopic (exact) mass is 423 g/mol. The minimum absolute atomic E-state index is 0.0425. The molecule has 0 saturated heterocycles. The Morgan fingerprint density at radius 3 is 2.19 bits per heavy atom. The Morgan fingerprint density at radius 2 is 1.47 bits per heavy atom. The van der Waals surface area contributed by atoms with Gasteiger partial charge in [0.05, 0.1) is 6.04 Å². The van der Waals surface area contributed by atoms with Gasteiger partial charge in [-0.15, -0.1) is 0 Å². The number of hydrogen-bond acceptors (Lipinski definition) is 2. The van der Waals surface area contributed by atoms with Crippen molar-refractivity contribution in [2.45, 2.75) is 38.6 Å². The lowest BCUT2D eigenvalue weighted by atomic mass is 9.91. The second-order valence-electron chi connectivity index (χ2n) is 8.53. The number of nitrogens with one attached hydrogen (secondary N) is 1. The second kappa shape index (κ2) is 9.69. The fourth-order valence-electron chi connectivity index (χ4n) is 4.12. The van der Waals surface area contributed by atoms with E-state index in [1.807, 2.05) is 60.7 Å². The van der Waals surface area contributed by atoms with Gasteiger partial charge < -0.3 is 10.4 Å². The van der Waals surface area contributed by atoms with Crippen LogP contribution < -0.4 is 5.32 Å². The van der Waals surface area contributed by atoms with E-state index in [1.165, 1.54) is 5.56 Å². The third-order valence-electron chi connectivity index (χ3n) is 5.96. The third kappa shape index (κ3) is 4.83. The molecule has 0 aliphatic carbocycles. The molecule has 4 rings (SSSR count). The van der Waals surface area contributed by atoms with Crippen LogP contribution in [0.1, 0.15) is 54.5 Å². The molecule has 0 saturated carbocycles. The number of phenolic OH excluding ortho intramolecular Hbond substituents is 1. The molecular weight excluding hydrogens is 394 g/mol. The van der Waals surface area contributed by atoms with E-state index in [-0.39, 0.29) is 11.7 Å². The van der Waals surface area contributed by atoms with Gasteiger partial charge in [0.2, 0.25) is 5.91 Å². The van der Waals surface area contributed by atoms with Gasteiger partial charge in [-0.05, 0) is 45.9 Å². The molecule has 4 aromatic rings. The van der Waals surface area contributed by atoms with E-state index in [2.05, 4.69) is 43.4 Å². The Morgan fingerprint density at radius 1 is 0.812 bits per heavy atom. The van der Waals surface area contributed by atoms with Crippen LogP contribution in [-0.2, 0) is 11.2 Å². The third-order valence-corrected chi connectivity index (χ3v) is 5.96. The highest BCUT2D eigenvalue weighted by Crippen LogP contribution is 2.36. The lowest BCUT2D eigenvalue weighted by molar-refractivity contribution is -0.121. The Balaban J connectivity index is 1.69. The molecule has 0 spiro atoms. The zero-order valence-electron chi connectivity index (χ0n) is 18.6. The van der Waals surface area contributed by atoms with Gasteiger partial charge in [-0.25, -0.2) is 0 Å². The van der Waals surface area contributed by atoms with Crippen molar-refractivity contribution in [3.8, 4) is 5.75 Å². The van der Waals surface area contributed by atoms with Crippen molar-refractivity contribution in [3.05, 3.63) is 113 Å². The maximum absolute atomic E-state index is 13.0. The number of rotatable bonds is 7. The molecule has 3 nitrogen and oxygen atoms in total. The van der Waals surface area contributed by atoms with E-state index in [0.29, 0.717) is 18.8 Å². The van der Waals surface area contributed by atoms with Crippen molar-refractivity contribution in [2.24, 2.45) is 0 Å². The summed E-state index contributed by atoms with van der Waals surface area (Å²) in [4.78, 5) is 13.0. The van der Waals surface area contributed by atoms with Crippen molar-refractivity contribution < 1.29 is 9.90 Å². The zero-order valence-corrected chi connectivity index (χ0v) is 18.6. The van der Waals surface area contributed by atoms with Crippen LogP contribution in [0.5, 0.6) is 5.75 Å². The molecule has 0 fully saturated rings. The molecule has 0 heterocycles. The summed E-state index contributed by atoms with van der Waals surface area (Å²) in [6.45, 7) is 4.32. The number of carbonyl (C=O) groups excluding carboxylic acids is 1. The lowest BCUT2D eigenvalue weighted by Gasteiger charge is -2.23. The lowest BCUT2D eigenvalue weighted by Crippen LogP contribution is -2.29. The van der Waals surface area contributed by atoms with Crippen LogP contribution in [-0.4, -0.2) is 11.0 Å². The summed E-state index contributed by atoms with van der Waals surface area (Å²) in [6, 6.07) is 29.5. The van der Waals surface area contributed by atoms with Gasteiger partial charge in [-0.1, -0.05) is 98.8 Å². The highest BCUT2D eigenvalue weighted by Gasteiger charge is 2.22. The van der Waals surface area contributed by atoms with Gasteiger partial charge in [0.1, 0.15) is 5.75 Å². The highest BCUT2D eigenvalue weighted by atomic mass is 16.3. The Labute approximate surface area is 189 Å². The van der Waals surface area contributed by atoms with Crippen LogP contribution >= 0.6 is 0 Å². The molecule has 162 valence electrons. The molecule has 4 aromatic carbocycles. The summed E-state index contributed by atoms with van der Waals surface area (Å²) >= 11 is 0. The van der Waals surface area contributed by atoms with Gasteiger partial charge in [-0.2, -0.15) is 0 Å². The fourth-order valence-corrected chi connectivity index (χ4v) is 4.12. The Bertz CT molecular complexity index is 1200. The standard InChI is InChI=1S/C29H29NO2/c1-20(2)22-13-15-24(16-14-22)29(30-27(32)19-12-21-8-4-3-5-9-21)28-25-11-7-6-10-23(25)17-18-26(28)31/h3-11,13-18,20,29,31H,12,19H2,1-2H3,(H,30,32). The number of hydrogen-bond donors (Lipinski definition) is 2. The van der Waals surface area contributed by atoms with E-state index < -0.39 is 6.04 Å². The average molecular weight is 424 g/mol. The summed E-state index contributed by atoms with van der Waals surface area (Å²) in [5, 5.41) is 16.0. The molecule has 1 amide bonds. The normalized spacial score (nSPS) is 12.1. The summed E-state index contributed by atoms with van der Waals surface area (Å²) < 4.78 is 0. The molecule has 0 aliphatic heterocycles. The predicted octanol–water partition coefficient (Wildman–Crippen LogP) is 6.51. The van der Waals surface area contributed by atoms with Crippen LogP contribution in [0.15, 0.2) is 91.0 Å². The van der Waals surface area contributed by atoms with Crippen molar-refractivity contribution >= 4 is 16.7 Å². The first-order valence-electron chi connectivity index (χ1n) is 11.2. The van der Waals surface area contributed by atoms with E-state index in [9.17, 15) is 9.90 Å². The Hall–Kier alpha value is -3.59. The largest absolute Gasteiger partial charge is 0.508 e. The minimum atomic E-state index is -0.439. The predicted molar refractivity (Wildman–Crippen MR) is 131 cm³/mol. The van der Waals surface area contributed by atoms with Gasteiger partial charge in [0, 0.05) is 12.0 Å². The molecule has 1 unspecified atom stereocenters. The number of carbonyl (C=O) groups is 1. The fraction of sp³-hybridized carbons (Fsp3) is 0.207. The molecule has 2 N–H and O–H groups in total. The van der Waals surface area contributed by atoms with E-state index in [4.69, 9.17) is 0 Å². The first-order chi connectivity index (χ1) is 15.5. The summed E-state index contributed by atoms with van der Waals surface area (Å²) in [5.74, 6) is 0.568. The van der Waals surface area contributed by atoms with Crippen LogP contribution in [0, 0.1) is 0 Å². The molecule has 0 aliphatic rings. The van der Waals surface area contributed by atoms with Gasteiger partial charge in [0.15, 0.2) is 0 Å². The van der Waals surface area contributed by atoms with Crippen molar-refractivity contribution in [2.75, 3.05) is 0 Å². The van der Waals surface area contributed by atoms with Crippen LogP contribution in [0.4, 0.5) is 0 Å². The van der Waals surface area contributed by atoms with E-state index in [0.717, 1.165) is 27.5 Å². The Kier molecular flexibility index (Phi) is 6.55. The van der Waals surface area contributed by atoms with E-state index >= 15 is 0 Å². The van der Waals surface area contributed by atoms with Gasteiger partial charge in [0.25, 0.3) is 0 Å². The topological polar surface area (TPSA) is 49.3 Å². The second-order valence-corrected chi connectivity index (χ2v) is 8.53. The maximum atomic E-state index is 13.0. The molecular formula is C29H29NO2. The number of fused-ring (bicyclic) bond motifs is 1. The van der Waals surface area contributed by atoms with Crippen molar-refractivity contribution in [3.63, 3.8) is 0 Å². The van der Waals surface area contributed by atoms with Crippen LogP contribution in [0.2, 0.25) is 0 Å². The first kappa shape index (κ1) is 21.6. The molecule has 1 atom stereocenters. The minimum Gasteiger partial charge on any atom is -0.508 e. The quantitative estimate of drug-likeness (QED) is 0.356. The van der Waals surface area contributed by atoms with Crippen molar-refractivity contribution in [1.29, 1.82) is 0 Å². The molecule has 3 heteroatoms. The van der Waals surface area contributed by atoms with Crippen LogP contribution in [0.25, 0.3) is 10.8 Å². The van der Waals surface area contributed by atoms with Gasteiger partial charge >= 0.3 is 0 Å². The summed E-state index contributed by atoms with van der Waals surface area (Å²) in [7, 11) is 0.